The van der Waals surface area contributed by atoms with Crippen LogP contribution in [0.15, 0.2) is 48.6 Å². The van der Waals surface area contributed by atoms with Crippen molar-refractivity contribution in [2.75, 3.05) is 13.1 Å². The number of hydrogen-bond acceptors (Lipinski definition) is 2. The van der Waals surface area contributed by atoms with E-state index in [4.69, 9.17) is 23.2 Å². The van der Waals surface area contributed by atoms with Gasteiger partial charge in [-0.2, -0.15) is 0 Å². The van der Waals surface area contributed by atoms with Crippen molar-refractivity contribution in [1.82, 2.24) is 10.6 Å². The van der Waals surface area contributed by atoms with E-state index < -0.39 is 28.9 Å². The molecule has 0 saturated heterocycles. The third kappa shape index (κ3) is 7.81. The number of carbonyl (C=O) groups is 2. The van der Waals surface area contributed by atoms with Gasteiger partial charge in [-0.3, -0.25) is 9.59 Å². The van der Waals surface area contributed by atoms with Crippen molar-refractivity contribution in [2.45, 2.75) is 13.8 Å². The molecule has 0 radical (unpaired) electrons. The monoisotopic (exact) mass is 466 g/mol. The third-order valence-electron chi connectivity index (χ3n) is 4.28. The molecule has 2 amide bonds. The second kappa shape index (κ2) is 11.1. The molecule has 0 spiro atoms. The summed E-state index contributed by atoms with van der Waals surface area (Å²) in [6.07, 6.45) is 5.00. The van der Waals surface area contributed by atoms with Crippen LogP contribution in [0.3, 0.4) is 0 Å². The summed E-state index contributed by atoms with van der Waals surface area (Å²) in [5.41, 5.74) is -0.210. The summed E-state index contributed by atoms with van der Waals surface area (Å²) in [7, 11) is 0. The molecule has 0 bridgehead atoms. The second-order valence-electron chi connectivity index (χ2n) is 7.54. The third-order valence-corrected chi connectivity index (χ3v) is 4.94. The van der Waals surface area contributed by atoms with E-state index in [-0.39, 0.29) is 34.3 Å². The van der Waals surface area contributed by atoms with Crippen molar-refractivity contribution in [3.05, 3.63) is 81.4 Å². The van der Waals surface area contributed by atoms with Gasteiger partial charge in [0.15, 0.2) is 0 Å². The SMILES string of the molecule is CC(C)(CNC(=O)/C=C/c1c(F)cccc1Cl)CNC(=O)/C=C/c1c(F)cccc1Cl. The highest BCUT2D eigenvalue weighted by Crippen LogP contribution is 2.21. The van der Waals surface area contributed by atoms with Crippen molar-refractivity contribution < 1.29 is 18.4 Å². The molecule has 0 fully saturated rings. The molecule has 2 aromatic rings. The Morgan fingerprint density at radius 2 is 1.23 bits per heavy atom. The molecule has 164 valence electrons. The maximum Gasteiger partial charge on any atom is 0.244 e. The van der Waals surface area contributed by atoms with E-state index in [0.717, 1.165) is 0 Å². The topological polar surface area (TPSA) is 58.2 Å². The average molecular weight is 467 g/mol. The Bertz CT molecular complexity index is 901. The summed E-state index contributed by atoms with van der Waals surface area (Å²) < 4.78 is 27.5. The second-order valence-corrected chi connectivity index (χ2v) is 8.35. The van der Waals surface area contributed by atoms with Crippen LogP contribution in [-0.4, -0.2) is 24.9 Å². The summed E-state index contributed by atoms with van der Waals surface area (Å²) in [4.78, 5) is 24.1. The predicted octanol–water partition coefficient (Wildman–Crippen LogP) is 5.26. The highest BCUT2D eigenvalue weighted by atomic mass is 35.5. The van der Waals surface area contributed by atoms with Crippen molar-refractivity contribution >= 4 is 47.2 Å². The standard InChI is InChI=1S/C23H22Cl2F2N2O2/c1-23(2,13-28-21(30)11-9-15-17(24)5-3-7-19(15)26)14-29-22(31)12-10-16-18(25)6-4-8-20(16)27/h3-12H,13-14H2,1-2H3,(H,28,30)(H,29,31)/b11-9+,12-10+. The van der Waals surface area contributed by atoms with Crippen molar-refractivity contribution in [2.24, 2.45) is 5.41 Å². The number of nitrogens with one attached hydrogen (secondary N) is 2. The molecule has 31 heavy (non-hydrogen) atoms. The van der Waals surface area contributed by atoms with E-state index in [0.29, 0.717) is 0 Å². The molecule has 0 saturated carbocycles. The zero-order chi connectivity index (χ0) is 23.0. The first-order valence-electron chi connectivity index (χ1n) is 9.39. The van der Waals surface area contributed by atoms with Gasteiger partial charge < -0.3 is 10.6 Å². The molecule has 0 unspecified atom stereocenters. The minimum Gasteiger partial charge on any atom is -0.352 e. The van der Waals surface area contributed by atoms with Crippen LogP contribution in [0.4, 0.5) is 8.78 Å². The zero-order valence-corrected chi connectivity index (χ0v) is 18.5. The molecule has 2 rings (SSSR count). The average Bonchev–Trinajstić information content (AvgIpc) is 2.70. The molecular formula is C23H22Cl2F2N2O2. The lowest BCUT2D eigenvalue weighted by Crippen LogP contribution is -2.41. The Kier molecular flexibility index (Phi) is 8.77. The largest absolute Gasteiger partial charge is 0.352 e. The van der Waals surface area contributed by atoms with E-state index in [1.807, 2.05) is 13.8 Å². The van der Waals surface area contributed by atoms with Gasteiger partial charge in [-0.25, -0.2) is 8.78 Å². The zero-order valence-electron chi connectivity index (χ0n) is 17.0. The van der Waals surface area contributed by atoms with Gasteiger partial charge in [0.05, 0.1) is 10.0 Å². The Labute approximate surface area is 189 Å². The van der Waals surface area contributed by atoms with E-state index in [1.165, 1.54) is 60.7 Å². The first-order valence-corrected chi connectivity index (χ1v) is 10.1. The normalized spacial score (nSPS) is 11.8. The molecule has 4 nitrogen and oxygen atoms in total. The summed E-state index contributed by atoms with van der Waals surface area (Å²) >= 11 is 11.8. The van der Waals surface area contributed by atoms with Crippen LogP contribution in [0, 0.1) is 17.0 Å². The molecule has 0 aliphatic carbocycles. The van der Waals surface area contributed by atoms with Crippen LogP contribution in [0.5, 0.6) is 0 Å². The molecule has 0 heterocycles. The lowest BCUT2D eigenvalue weighted by atomic mass is 9.93. The van der Waals surface area contributed by atoms with Crippen LogP contribution in [0.2, 0.25) is 10.0 Å². The Morgan fingerprint density at radius 1 is 0.839 bits per heavy atom. The predicted molar refractivity (Wildman–Crippen MR) is 121 cm³/mol. The fourth-order valence-electron chi connectivity index (χ4n) is 2.49. The summed E-state index contributed by atoms with van der Waals surface area (Å²) in [6.45, 7) is 4.21. The van der Waals surface area contributed by atoms with E-state index >= 15 is 0 Å². The number of hydrogen-bond donors (Lipinski definition) is 2. The smallest absolute Gasteiger partial charge is 0.244 e. The molecule has 0 aliphatic heterocycles. The number of amides is 2. The van der Waals surface area contributed by atoms with Gasteiger partial charge in [-0.15, -0.1) is 0 Å². The van der Waals surface area contributed by atoms with Gasteiger partial charge >= 0.3 is 0 Å². The van der Waals surface area contributed by atoms with Gasteiger partial charge in [0.2, 0.25) is 11.8 Å². The minimum absolute atomic E-state index is 0.132. The van der Waals surface area contributed by atoms with Crippen molar-refractivity contribution in [3.8, 4) is 0 Å². The lowest BCUT2D eigenvalue weighted by molar-refractivity contribution is -0.116. The molecule has 2 aromatic carbocycles. The molecular weight excluding hydrogens is 445 g/mol. The van der Waals surface area contributed by atoms with Crippen LogP contribution in [-0.2, 0) is 9.59 Å². The summed E-state index contributed by atoms with van der Waals surface area (Å²) in [5.74, 6) is -1.89. The fraction of sp³-hybridized carbons (Fsp3) is 0.217. The molecule has 0 aliphatic rings. The Balaban J connectivity index is 1.84. The van der Waals surface area contributed by atoms with E-state index in [9.17, 15) is 18.4 Å². The van der Waals surface area contributed by atoms with Gasteiger partial charge in [0.1, 0.15) is 11.6 Å². The lowest BCUT2D eigenvalue weighted by Gasteiger charge is -2.24. The number of benzene rings is 2. The molecule has 8 heteroatoms. The highest BCUT2D eigenvalue weighted by molar-refractivity contribution is 6.32. The number of halogens is 4. The number of rotatable bonds is 8. The fourth-order valence-corrected chi connectivity index (χ4v) is 2.94. The summed E-state index contributed by atoms with van der Waals surface area (Å²) in [5, 5.41) is 5.81. The van der Waals surface area contributed by atoms with E-state index in [2.05, 4.69) is 10.6 Å². The molecule has 2 N–H and O–H groups in total. The first-order chi connectivity index (χ1) is 14.6. The Morgan fingerprint density at radius 3 is 1.58 bits per heavy atom. The highest BCUT2D eigenvalue weighted by Gasteiger charge is 2.19. The quantitative estimate of drug-likeness (QED) is 0.521. The van der Waals surface area contributed by atoms with Gasteiger partial charge in [0.25, 0.3) is 0 Å². The van der Waals surface area contributed by atoms with Gasteiger partial charge in [0, 0.05) is 36.4 Å². The van der Waals surface area contributed by atoms with Crippen LogP contribution < -0.4 is 10.6 Å². The van der Waals surface area contributed by atoms with Gasteiger partial charge in [-0.05, 0) is 41.8 Å². The maximum atomic E-state index is 13.7. The summed E-state index contributed by atoms with van der Waals surface area (Å²) in [6, 6.07) is 8.52. The van der Waals surface area contributed by atoms with E-state index in [1.54, 1.807) is 0 Å². The van der Waals surface area contributed by atoms with Crippen molar-refractivity contribution in [1.29, 1.82) is 0 Å². The molecule has 0 aromatic heterocycles. The Hall–Kier alpha value is -2.70. The first kappa shape index (κ1) is 24.6. The van der Waals surface area contributed by atoms with Crippen LogP contribution in [0.25, 0.3) is 12.2 Å². The number of carbonyl (C=O) groups excluding carboxylic acids is 2. The van der Waals surface area contributed by atoms with Gasteiger partial charge in [-0.1, -0.05) is 49.2 Å². The van der Waals surface area contributed by atoms with Crippen LogP contribution >= 0.6 is 23.2 Å². The molecule has 0 atom stereocenters. The maximum absolute atomic E-state index is 13.7. The van der Waals surface area contributed by atoms with Crippen LogP contribution in [0.1, 0.15) is 25.0 Å². The van der Waals surface area contributed by atoms with Crippen molar-refractivity contribution in [3.63, 3.8) is 0 Å². The minimum atomic E-state index is -0.524.